The molecule has 0 amide bonds. The smallest absolute Gasteiger partial charge is 0.161 e. The van der Waals surface area contributed by atoms with Gasteiger partial charge in [0.25, 0.3) is 0 Å². The molecule has 0 spiro atoms. The molecule has 0 heterocycles. The first kappa shape index (κ1) is 9.35. The molecule has 0 aromatic heterocycles. The zero-order valence-electron chi connectivity index (χ0n) is 6.67. The first-order valence-electron chi connectivity index (χ1n) is 3.44. The SMILES string of the molecule is COc1cc(Br)c(CN)cc1O. The highest BCUT2D eigenvalue weighted by Crippen LogP contribution is 2.31. The molecule has 0 saturated heterocycles. The first-order valence-corrected chi connectivity index (χ1v) is 4.23. The van der Waals surface area contributed by atoms with Crippen LogP contribution < -0.4 is 10.5 Å². The first-order chi connectivity index (χ1) is 5.69. The number of aromatic hydroxyl groups is 1. The highest BCUT2D eigenvalue weighted by atomic mass is 79.9. The lowest BCUT2D eigenvalue weighted by Gasteiger charge is -2.06. The fourth-order valence-corrected chi connectivity index (χ4v) is 1.39. The van der Waals surface area contributed by atoms with Gasteiger partial charge in [0.2, 0.25) is 0 Å². The summed E-state index contributed by atoms with van der Waals surface area (Å²) in [5.74, 6) is 0.556. The Labute approximate surface area is 79.3 Å². The number of hydrogen-bond donors (Lipinski definition) is 2. The van der Waals surface area contributed by atoms with Gasteiger partial charge in [-0.05, 0) is 17.7 Å². The molecule has 12 heavy (non-hydrogen) atoms. The van der Waals surface area contributed by atoms with E-state index in [0.717, 1.165) is 10.0 Å². The number of phenolic OH excluding ortho intramolecular Hbond substituents is 1. The lowest BCUT2D eigenvalue weighted by molar-refractivity contribution is 0.372. The maximum absolute atomic E-state index is 9.35. The largest absolute Gasteiger partial charge is 0.504 e. The summed E-state index contributed by atoms with van der Waals surface area (Å²) in [6, 6.07) is 3.28. The minimum absolute atomic E-state index is 0.112. The average Bonchev–Trinajstić information content (AvgIpc) is 2.08. The topological polar surface area (TPSA) is 55.5 Å². The molecule has 1 aromatic carbocycles. The van der Waals surface area contributed by atoms with Gasteiger partial charge in [-0.25, -0.2) is 0 Å². The van der Waals surface area contributed by atoms with Gasteiger partial charge in [0, 0.05) is 11.0 Å². The van der Waals surface area contributed by atoms with Crippen LogP contribution in [0.2, 0.25) is 0 Å². The number of methoxy groups -OCH3 is 1. The van der Waals surface area contributed by atoms with Gasteiger partial charge in [0.15, 0.2) is 11.5 Å². The predicted molar refractivity (Wildman–Crippen MR) is 50.3 cm³/mol. The molecular formula is C8H10BrNO2. The van der Waals surface area contributed by atoms with Gasteiger partial charge < -0.3 is 15.6 Å². The molecule has 4 heteroatoms. The molecule has 3 N–H and O–H groups in total. The van der Waals surface area contributed by atoms with E-state index in [0.29, 0.717) is 12.3 Å². The second-order valence-corrected chi connectivity index (χ2v) is 3.17. The van der Waals surface area contributed by atoms with E-state index in [1.54, 1.807) is 12.1 Å². The van der Waals surface area contributed by atoms with Crippen molar-refractivity contribution in [3.05, 3.63) is 22.2 Å². The van der Waals surface area contributed by atoms with Gasteiger partial charge in [-0.15, -0.1) is 0 Å². The van der Waals surface area contributed by atoms with Crippen LogP contribution in [0, 0.1) is 0 Å². The second kappa shape index (κ2) is 3.78. The average molecular weight is 232 g/mol. The Morgan fingerprint density at radius 2 is 2.25 bits per heavy atom. The number of phenols is 1. The lowest BCUT2D eigenvalue weighted by atomic mass is 10.2. The second-order valence-electron chi connectivity index (χ2n) is 2.32. The van der Waals surface area contributed by atoms with E-state index in [9.17, 15) is 5.11 Å². The maximum atomic E-state index is 9.35. The number of benzene rings is 1. The molecular weight excluding hydrogens is 222 g/mol. The van der Waals surface area contributed by atoms with Crippen LogP contribution in [-0.4, -0.2) is 12.2 Å². The Balaban J connectivity index is 3.16. The molecule has 0 radical (unpaired) electrons. The third-order valence-electron chi connectivity index (χ3n) is 1.57. The van der Waals surface area contributed by atoms with Crippen molar-refractivity contribution in [2.24, 2.45) is 5.73 Å². The van der Waals surface area contributed by atoms with Gasteiger partial charge in [0.1, 0.15) is 0 Å². The summed E-state index contributed by atoms with van der Waals surface area (Å²) in [5, 5.41) is 9.35. The van der Waals surface area contributed by atoms with E-state index in [-0.39, 0.29) is 5.75 Å². The van der Waals surface area contributed by atoms with E-state index in [1.807, 2.05) is 0 Å². The van der Waals surface area contributed by atoms with Crippen molar-refractivity contribution < 1.29 is 9.84 Å². The summed E-state index contributed by atoms with van der Waals surface area (Å²) in [7, 11) is 1.50. The third kappa shape index (κ3) is 1.70. The molecule has 1 aromatic rings. The van der Waals surface area contributed by atoms with Crippen LogP contribution in [0.3, 0.4) is 0 Å². The summed E-state index contributed by atoms with van der Waals surface area (Å²) < 4.78 is 5.75. The highest BCUT2D eigenvalue weighted by Gasteiger charge is 2.05. The van der Waals surface area contributed by atoms with Gasteiger partial charge in [-0.1, -0.05) is 15.9 Å². The van der Waals surface area contributed by atoms with E-state index in [4.69, 9.17) is 10.5 Å². The number of nitrogens with two attached hydrogens (primary N) is 1. The molecule has 0 aliphatic heterocycles. The Morgan fingerprint density at radius 1 is 1.58 bits per heavy atom. The number of rotatable bonds is 2. The summed E-state index contributed by atoms with van der Waals surface area (Å²) in [4.78, 5) is 0. The van der Waals surface area contributed by atoms with Crippen LogP contribution >= 0.6 is 15.9 Å². The number of hydrogen-bond acceptors (Lipinski definition) is 3. The molecule has 1 rings (SSSR count). The van der Waals surface area contributed by atoms with Crippen LogP contribution in [-0.2, 0) is 6.54 Å². The van der Waals surface area contributed by atoms with Crippen molar-refractivity contribution in [3.8, 4) is 11.5 Å². The monoisotopic (exact) mass is 231 g/mol. The van der Waals surface area contributed by atoms with Crippen molar-refractivity contribution >= 4 is 15.9 Å². The summed E-state index contributed by atoms with van der Waals surface area (Å²) in [6.07, 6.45) is 0. The van der Waals surface area contributed by atoms with E-state index >= 15 is 0 Å². The summed E-state index contributed by atoms with van der Waals surface area (Å²) in [5.41, 5.74) is 6.28. The zero-order chi connectivity index (χ0) is 9.14. The lowest BCUT2D eigenvalue weighted by Crippen LogP contribution is -1.97. The Bertz CT molecular complexity index is 259. The van der Waals surface area contributed by atoms with E-state index < -0.39 is 0 Å². The summed E-state index contributed by atoms with van der Waals surface area (Å²) in [6.45, 7) is 0.387. The van der Waals surface area contributed by atoms with Gasteiger partial charge >= 0.3 is 0 Å². The van der Waals surface area contributed by atoms with Crippen molar-refractivity contribution in [1.29, 1.82) is 0 Å². The standard InChI is InChI=1S/C8H10BrNO2/c1-12-8-3-6(9)5(4-10)2-7(8)11/h2-3,11H,4,10H2,1H3. The zero-order valence-corrected chi connectivity index (χ0v) is 8.26. The van der Waals surface area contributed by atoms with Gasteiger partial charge in [0.05, 0.1) is 7.11 Å². The molecule has 0 saturated carbocycles. The fraction of sp³-hybridized carbons (Fsp3) is 0.250. The third-order valence-corrected chi connectivity index (χ3v) is 2.31. The molecule has 0 fully saturated rings. The minimum atomic E-state index is 0.112. The molecule has 0 atom stereocenters. The fourth-order valence-electron chi connectivity index (χ4n) is 0.907. The van der Waals surface area contributed by atoms with Gasteiger partial charge in [-0.3, -0.25) is 0 Å². The minimum Gasteiger partial charge on any atom is -0.504 e. The molecule has 0 unspecified atom stereocenters. The van der Waals surface area contributed by atoms with Crippen molar-refractivity contribution in [1.82, 2.24) is 0 Å². The van der Waals surface area contributed by atoms with Crippen molar-refractivity contribution in [3.63, 3.8) is 0 Å². The van der Waals surface area contributed by atoms with E-state index in [2.05, 4.69) is 15.9 Å². The van der Waals surface area contributed by atoms with Crippen molar-refractivity contribution in [2.75, 3.05) is 7.11 Å². The van der Waals surface area contributed by atoms with Crippen LogP contribution in [0.15, 0.2) is 16.6 Å². The Kier molecular flexibility index (Phi) is 2.94. The normalized spacial score (nSPS) is 9.92. The Morgan fingerprint density at radius 3 is 2.75 bits per heavy atom. The molecule has 0 aliphatic carbocycles. The highest BCUT2D eigenvalue weighted by molar-refractivity contribution is 9.10. The summed E-state index contributed by atoms with van der Waals surface area (Å²) >= 11 is 3.31. The van der Waals surface area contributed by atoms with Crippen LogP contribution in [0.5, 0.6) is 11.5 Å². The number of ether oxygens (including phenoxy) is 1. The van der Waals surface area contributed by atoms with Crippen LogP contribution in [0.4, 0.5) is 0 Å². The maximum Gasteiger partial charge on any atom is 0.161 e. The quantitative estimate of drug-likeness (QED) is 0.814. The molecule has 66 valence electrons. The Hall–Kier alpha value is -0.740. The predicted octanol–water partition coefficient (Wildman–Crippen LogP) is 1.62. The van der Waals surface area contributed by atoms with Crippen LogP contribution in [0.25, 0.3) is 0 Å². The molecule has 0 bridgehead atoms. The molecule has 3 nitrogen and oxygen atoms in total. The molecule has 0 aliphatic rings. The van der Waals surface area contributed by atoms with Gasteiger partial charge in [-0.2, -0.15) is 0 Å². The number of halogens is 1. The van der Waals surface area contributed by atoms with Crippen molar-refractivity contribution in [2.45, 2.75) is 6.54 Å². The van der Waals surface area contributed by atoms with E-state index in [1.165, 1.54) is 7.11 Å². The van der Waals surface area contributed by atoms with Crippen LogP contribution in [0.1, 0.15) is 5.56 Å².